The number of nitrogens with zero attached hydrogens (tertiary/aromatic N) is 5. The van der Waals surface area contributed by atoms with Gasteiger partial charge in [-0.3, -0.25) is 4.98 Å². The van der Waals surface area contributed by atoms with Crippen molar-refractivity contribution < 1.29 is 4.39 Å². The van der Waals surface area contributed by atoms with Crippen LogP contribution in [0.2, 0.25) is 0 Å². The minimum atomic E-state index is -0.246. The molecule has 28 heavy (non-hydrogen) atoms. The summed E-state index contributed by atoms with van der Waals surface area (Å²) >= 11 is 0. The van der Waals surface area contributed by atoms with Crippen LogP contribution in [0, 0.1) is 12.7 Å². The zero-order chi connectivity index (χ0) is 19.1. The number of benzene rings is 2. The summed E-state index contributed by atoms with van der Waals surface area (Å²) in [5.41, 5.74) is 3.96. The van der Waals surface area contributed by atoms with Gasteiger partial charge in [-0.1, -0.05) is 30.3 Å². The van der Waals surface area contributed by atoms with Crippen LogP contribution in [-0.2, 0) is 19.5 Å². The van der Waals surface area contributed by atoms with Crippen molar-refractivity contribution in [3.8, 4) is 0 Å². The van der Waals surface area contributed by atoms with Gasteiger partial charge in [-0.25, -0.2) is 4.39 Å². The summed E-state index contributed by atoms with van der Waals surface area (Å²) in [5.74, 6) is 1.68. The van der Waals surface area contributed by atoms with E-state index in [2.05, 4.69) is 36.8 Å². The van der Waals surface area contributed by atoms with Crippen molar-refractivity contribution >= 4 is 16.6 Å². The van der Waals surface area contributed by atoms with Gasteiger partial charge in [0.1, 0.15) is 11.6 Å². The third-order valence-corrected chi connectivity index (χ3v) is 5.25. The van der Waals surface area contributed by atoms with E-state index < -0.39 is 0 Å². The minimum Gasteiger partial charge on any atom is -0.362 e. The van der Waals surface area contributed by atoms with Crippen LogP contribution in [0.4, 0.5) is 10.1 Å². The van der Waals surface area contributed by atoms with Crippen molar-refractivity contribution in [3.63, 3.8) is 0 Å². The van der Waals surface area contributed by atoms with Crippen molar-refractivity contribution in [2.45, 2.75) is 26.4 Å². The Morgan fingerprint density at radius 2 is 1.86 bits per heavy atom. The van der Waals surface area contributed by atoms with Crippen molar-refractivity contribution in [1.29, 1.82) is 0 Å². The molecular formula is C22H20FN5. The Morgan fingerprint density at radius 1 is 1.00 bits per heavy atom. The van der Waals surface area contributed by atoms with E-state index in [1.807, 2.05) is 31.2 Å². The largest absolute Gasteiger partial charge is 0.362 e. The van der Waals surface area contributed by atoms with Crippen LogP contribution in [0.15, 0.2) is 54.6 Å². The molecule has 6 heteroatoms. The third-order valence-electron chi connectivity index (χ3n) is 5.25. The van der Waals surface area contributed by atoms with Gasteiger partial charge in [0.15, 0.2) is 5.82 Å². The second-order valence-electron chi connectivity index (χ2n) is 7.21. The first kappa shape index (κ1) is 16.9. The minimum absolute atomic E-state index is 0.246. The molecule has 0 amide bonds. The van der Waals surface area contributed by atoms with E-state index in [1.54, 1.807) is 12.1 Å². The number of rotatable bonds is 3. The van der Waals surface area contributed by atoms with E-state index in [4.69, 9.17) is 0 Å². The van der Waals surface area contributed by atoms with E-state index in [0.29, 0.717) is 6.54 Å². The van der Waals surface area contributed by atoms with Gasteiger partial charge in [0, 0.05) is 36.3 Å². The molecule has 0 bridgehead atoms. The topological polar surface area (TPSA) is 46.8 Å². The number of hydrogen-bond acceptors (Lipinski definition) is 4. The fourth-order valence-electron chi connectivity index (χ4n) is 3.90. The zero-order valence-electron chi connectivity index (χ0n) is 15.6. The molecule has 0 unspecified atom stereocenters. The quantitative estimate of drug-likeness (QED) is 0.547. The Balaban J connectivity index is 1.47. The number of aromatic nitrogens is 4. The van der Waals surface area contributed by atoms with E-state index in [0.717, 1.165) is 53.4 Å². The molecule has 3 heterocycles. The number of fused-ring (bicyclic) bond motifs is 2. The van der Waals surface area contributed by atoms with Gasteiger partial charge in [0.2, 0.25) is 0 Å². The monoisotopic (exact) mass is 373 g/mol. The summed E-state index contributed by atoms with van der Waals surface area (Å²) < 4.78 is 16.1. The first-order chi connectivity index (χ1) is 13.7. The Morgan fingerprint density at radius 3 is 2.71 bits per heavy atom. The van der Waals surface area contributed by atoms with E-state index in [-0.39, 0.29) is 5.82 Å². The van der Waals surface area contributed by atoms with Gasteiger partial charge in [0.25, 0.3) is 0 Å². The second-order valence-corrected chi connectivity index (χ2v) is 7.21. The molecule has 2 aromatic carbocycles. The average Bonchev–Trinajstić information content (AvgIpc) is 3.10. The normalized spacial score (nSPS) is 13.7. The first-order valence-electron chi connectivity index (χ1n) is 9.44. The van der Waals surface area contributed by atoms with Gasteiger partial charge in [-0.15, -0.1) is 10.2 Å². The highest BCUT2D eigenvalue weighted by Gasteiger charge is 2.23. The number of halogens is 1. The summed E-state index contributed by atoms with van der Waals surface area (Å²) in [4.78, 5) is 6.78. The fraction of sp³-hybridized carbons (Fsp3) is 0.227. The van der Waals surface area contributed by atoms with Gasteiger partial charge in [-0.05, 0) is 36.8 Å². The highest BCUT2D eigenvalue weighted by molar-refractivity contribution is 5.92. The lowest BCUT2D eigenvalue weighted by Crippen LogP contribution is -2.34. The molecule has 0 saturated heterocycles. The molecule has 0 radical (unpaired) electrons. The molecule has 2 aromatic heterocycles. The number of pyridine rings is 1. The molecule has 5 rings (SSSR count). The molecule has 1 aliphatic rings. The molecular weight excluding hydrogens is 353 g/mol. The third kappa shape index (κ3) is 3.01. The number of anilines is 1. The molecule has 0 atom stereocenters. The number of aryl methyl sites for hydroxylation is 1. The van der Waals surface area contributed by atoms with Crippen LogP contribution < -0.4 is 4.90 Å². The van der Waals surface area contributed by atoms with E-state index in [9.17, 15) is 4.39 Å². The molecule has 140 valence electrons. The first-order valence-corrected chi connectivity index (χ1v) is 9.44. The van der Waals surface area contributed by atoms with E-state index in [1.165, 1.54) is 11.6 Å². The van der Waals surface area contributed by atoms with Crippen molar-refractivity contribution in [2.24, 2.45) is 0 Å². The predicted molar refractivity (Wildman–Crippen MR) is 107 cm³/mol. The van der Waals surface area contributed by atoms with Gasteiger partial charge in [-0.2, -0.15) is 0 Å². The summed E-state index contributed by atoms with van der Waals surface area (Å²) in [5, 5.41) is 9.70. The van der Waals surface area contributed by atoms with Gasteiger partial charge in [0.05, 0.1) is 12.1 Å². The lowest BCUT2D eigenvalue weighted by atomic mass is 10.1. The molecule has 0 N–H and O–H groups in total. The highest BCUT2D eigenvalue weighted by Crippen LogP contribution is 2.30. The summed E-state index contributed by atoms with van der Waals surface area (Å²) in [6, 6.07) is 17.1. The van der Waals surface area contributed by atoms with Crippen molar-refractivity contribution in [3.05, 3.63) is 83.3 Å². The van der Waals surface area contributed by atoms with Crippen LogP contribution in [0.25, 0.3) is 10.9 Å². The molecule has 0 saturated carbocycles. The molecule has 5 nitrogen and oxygen atoms in total. The average molecular weight is 373 g/mol. The van der Waals surface area contributed by atoms with E-state index >= 15 is 0 Å². The second kappa shape index (κ2) is 6.71. The van der Waals surface area contributed by atoms with Gasteiger partial charge >= 0.3 is 0 Å². The van der Waals surface area contributed by atoms with Crippen molar-refractivity contribution in [2.75, 3.05) is 11.4 Å². The summed E-state index contributed by atoms with van der Waals surface area (Å²) in [6.45, 7) is 4.25. The van der Waals surface area contributed by atoms with Crippen LogP contribution in [0.1, 0.15) is 22.9 Å². The summed E-state index contributed by atoms with van der Waals surface area (Å²) in [6.07, 6.45) is 0.774. The smallest absolute Gasteiger partial charge is 0.152 e. The Bertz CT molecular complexity index is 1150. The predicted octanol–water partition coefficient (Wildman–Crippen LogP) is 3.88. The van der Waals surface area contributed by atoms with Crippen molar-refractivity contribution in [1.82, 2.24) is 19.7 Å². The molecule has 1 aliphatic heterocycles. The Kier molecular flexibility index (Phi) is 4.04. The molecule has 0 aliphatic carbocycles. The SMILES string of the molecule is Cc1cc(N2CCn3c(Cc4ccccc4)nnc3C2)c2cc(F)ccc2n1. The Labute approximate surface area is 162 Å². The molecule has 0 fully saturated rings. The zero-order valence-corrected chi connectivity index (χ0v) is 15.6. The summed E-state index contributed by atoms with van der Waals surface area (Å²) in [7, 11) is 0. The van der Waals surface area contributed by atoms with Crippen LogP contribution in [0.3, 0.4) is 0 Å². The van der Waals surface area contributed by atoms with Crippen LogP contribution >= 0.6 is 0 Å². The van der Waals surface area contributed by atoms with Crippen LogP contribution in [-0.4, -0.2) is 26.3 Å². The lowest BCUT2D eigenvalue weighted by Gasteiger charge is -2.30. The standard InChI is InChI=1S/C22H20FN5/c1-15-11-20(18-13-17(23)7-8-19(18)24-15)27-9-10-28-21(25-26-22(28)14-27)12-16-5-3-2-4-6-16/h2-8,11,13H,9-10,12,14H2,1H3. The lowest BCUT2D eigenvalue weighted by molar-refractivity contribution is 0.547. The highest BCUT2D eigenvalue weighted by atomic mass is 19.1. The molecule has 4 aromatic rings. The van der Waals surface area contributed by atoms with Gasteiger partial charge < -0.3 is 9.47 Å². The Hall–Kier alpha value is -3.28. The maximum absolute atomic E-state index is 13.9. The maximum Gasteiger partial charge on any atom is 0.152 e. The maximum atomic E-state index is 13.9. The molecule has 0 spiro atoms. The van der Waals surface area contributed by atoms with Crippen LogP contribution in [0.5, 0.6) is 0 Å². The number of hydrogen-bond donors (Lipinski definition) is 0. The fourth-order valence-corrected chi connectivity index (χ4v) is 3.90.